The van der Waals surface area contributed by atoms with Crippen molar-refractivity contribution in [2.75, 3.05) is 12.4 Å². The summed E-state index contributed by atoms with van der Waals surface area (Å²) in [4.78, 5) is 21.1. The van der Waals surface area contributed by atoms with Crippen LogP contribution >= 0.6 is 0 Å². The minimum Gasteiger partial charge on any atom is -0.497 e. The second-order valence-corrected chi connectivity index (χ2v) is 6.72. The molecule has 0 aliphatic carbocycles. The van der Waals surface area contributed by atoms with Crippen molar-refractivity contribution in [3.63, 3.8) is 0 Å². The fraction of sp³-hybridized carbons (Fsp3) is 0.227. The lowest BCUT2D eigenvalue weighted by molar-refractivity contribution is -0.118. The van der Waals surface area contributed by atoms with E-state index in [0.29, 0.717) is 0 Å². The Bertz CT molecular complexity index is 911. The molecule has 0 spiro atoms. The molecule has 3 rings (SSSR count). The van der Waals surface area contributed by atoms with Crippen LogP contribution in [0.25, 0.3) is 11.1 Å². The molecule has 0 aliphatic heterocycles. The Balaban J connectivity index is 1.81. The van der Waals surface area contributed by atoms with Crippen LogP contribution in [0.2, 0.25) is 0 Å². The van der Waals surface area contributed by atoms with Crippen molar-refractivity contribution in [3.05, 3.63) is 72.8 Å². The monoisotopic (exact) mass is 376 g/mol. The molecule has 2 N–H and O–H groups in total. The molecule has 1 amide bonds. The average Bonchev–Trinajstić information content (AvgIpc) is 2.73. The van der Waals surface area contributed by atoms with E-state index in [-0.39, 0.29) is 11.9 Å². The molecule has 0 aliphatic rings. The summed E-state index contributed by atoms with van der Waals surface area (Å²) < 4.78 is 5.21. The number of hydrogen-bond acceptors (Lipinski definition) is 5. The minimum atomic E-state index is -0.477. The molecule has 1 atom stereocenters. The van der Waals surface area contributed by atoms with Gasteiger partial charge in [-0.25, -0.2) is 9.97 Å². The van der Waals surface area contributed by atoms with Crippen LogP contribution in [-0.2, 0) is 4.79 Å². The number of anilines is 1. The Hall–Kier alpha value is -3.25. The van der Waals surface area contributed by atoms with Gasteiger partial charge in [0.2, 0.25) is 5.91 Å². The second-order valence-electron chi connectivity index (χ2n) is 6.72. The van der Waals surface area contributed by atoms with Crippen molar-refractivity contribution < 1.29 is 9.53 Å². The summed E-state index contributed by atoms with van der Waals surface area (Å²) in [5.41, 5.74) is 3.43. The minimum absolute atomic E-state index is 0.125. The molecule has 0 fully saturated rings. The quantitative estimate of drug-likeness (QED) is 0.655. The molecule has 0 saturated heterocycles. The third-order valence-corrected chi connectivity index (χ3v) is 4.24. The van der Waals surface area contributed by atoms with Crippen molar-refractivity contribution in [1.82, 2.24) is 15.3 Å². The molecule has 1 aromatic heterocycles. The zero-order valence-corrected chi connectivity index (χ0v) is 16.2. The van der Waals surface area contributed by atoms with Gasteiger partial charge < -0.3 is 10.1 Å². The fourth-order valence-electron chi connectivity index (χ4n) is 2.89. The number of carbonyl (C=O) groups excluding carboxylic acids is 1. The van der Waals surface area contributed by atoms with Crippen LogP contribution in [-0.4, -0.2) is 29.0 Å². The van der Waals surface area contributed by atoms with E-state index >= 15 is 0 Å². The predicted octanol–water partition coefficient (Wildman–Crippen LogP) is 3.83. The number of nitrogens with one attached hydrogen (secondary N) is 2. The van der Waals surface area contributed by atoms with Crippen LogP contribution in [0.4, 0.5) is 5.69 Å². The number of methoxy groups -OCH3 is 1. The van der Waals surface area contributed by atoms with Crippen molar-refractivity contribution in [1.29, 1.82) is 0 Å². The van der Waals surface area contributed by atoms with E-state index in [4.69, 9.17) is 4.74 Å². The van der Waals surface area contributed by atoms with Crippen LogP contribution in [0.15, 0.2) is 67.3 Å². The molecule has 0 bridgehead atoms. The van der Waals surface area contributed by atoms with Crippen LogP contribution in [0.5, 0.6) is 5.75 Å². The van der Waals surface area contributed by atoms with E-state index in [0.717, 1.165) is 28.1 Å². The molecule has 0 saturated carbocycles. The molecule has 1 unspecified atom stereocenters. The molecular weight excluding hydrogens is 352 g/mol. The van der Waals surface area contributed by atoms with Gasteiger partial charge in [0.05, 0.1) is 7.11 Å². The second kappa shape index (κ2) is 9.10. The van der Waals surface area contributed by atoms with Gasteiger partial charge in [-0.3, -0.25) is 10.1 Å². The van der Waals surface area contributed by atoms with Crippen molar-refractivity contribution >= 4 is 11.6 Å². The molecule has 1 heterocycles. The van der Waals surface area contributed by atoms with Crippen LogP contribution in [0.1, 0.15) is 25.5 Å². The number of ether oxygens (including phenoxy) is 1. The first-order valence-electron chi connectivity index (χ1n) is 9.13. The SMILES string of the molecule is COc1ccc(C(NC(C)C)C(=O)Nc2cccc(-c3cncnc3)c2)cc1. The zero-order chi connectivity index (χ0) is 19.9. The summed E-state index contributed by atoms with van der Waals surface area (Å²) in [5, 5.41) is 6.34. The average molecular weight is 376 g/mol. The first kappa shape index (κ1) is 19.5. The zero-order valence-electron chi connectivity index (χ0n) is 16.2. The lowest BCUT2D eigenvalue weighted by Crippen LogP contribution is -2.36. The molecule has 144 valence electrons. The normalized spacial score (nSPS) is 11.9. The fourth-order valence-corrected chi connectivity index (χ4v) is 2.89. The highest BCUT2D eigenvalue weighted by molar-refractivity contribution is 5.96. The van der Waals surface area contributed by atoms with Crippen molar-refractivity contribution in [2.45, 2.75) is 25.9 Å². The van der Waals surface area contributed by atoms with Gasteiger partial charge in [-0.15, -0.1) is 0 Å². The van der Waals surface area contributed by atoms with E-state index in [9.17, 15) is 4.79 Å². The van der Waals surface area contributed by atoms with E-state index in [1.165, 1.54) is 6.33 Å². The number of carbonyl (C=O) groups is 1. The van der Waals surface area contributed by atoms with Crippen LogP contribution in [0.3, 0.4) is 0 Å². The topological polar surface area (TPSA) is 76.1 Å². The number of nitrogens with zero attached hydrogens (tertiary/aromatic N) is 2. The molecule has 3 aromatic rings. The molecule has 6 nitrogen and oxygen atoms in total. The van der Waals surface area contributed by atoms with Gasteiger partial charge in [-0.1, -0.05) is 24.3 Å². The van der Waals surface area contributed by atoms with Crippen molar-refractivity contribution in [3.8, 4) is 16.9 Å². The Labute approximate surface area is 165 Å². The van der Waals surface area contributed by atoms with Gasteiger partial charge in [0.1, 0.15) is 18.1 Å². The van der Waals surface area contributed by atoms with Gasteiger partial charge in [-0.05, 0) is 49.2 Å². The maximum Gasteiger partial charge on any atom is 0.246 e. The largest absolute Gasteiger partial charge is 0.497 e. The lowest BCUT2D eigenvalue weighted by atomic mass is 10.0. The van der Waals surface area contributed by atoms with Gasteiger partial charge in [0.15, 0.2) is 0 Å². The van der Waals surface area contributed by atoms with E-state index in [1.54, 1.807) is 19.5 Å². The van der Waals surface area contributed by atoms with E-state index < -0.39 is 6.04 Å². The highest BCUT2D eigenvalue weighted by Crippen LogP contribution is 2.23. The smallest absolute Gasteiger partial charge is 0.246 e. The van der Waals surface area contributed by atoms with E-state index in [1.807, 2.05) is 62.4 Å². The summed E-state index contributed by atoms with van der Waals surface area (Å²) in [5.74, 6) is 0.630. The lowest BCUT2D eigenvalue weighted by Gasteiger charge is -2.21. The Morgan fingerprint density at radius 2 is 1.71 bits per heavy atom. The van der Waals surface area contributed by atoms with Gasteiger partial charge in [-0.2, -0.15) is 0 Å². The summed E-state index contributed by atoms with van der Waals surface area (Å²) in [6.07, 6.45) is 4.98. The summed E-state index contributed by atoms with van der Waals surface area (Å²) in [6, 6.07) is 14.8. The molecule has 0 radical (unpaired) electrons. The molecule has 2 aromatic carbocycles. The number of aromatic nitrogens is 2. The standard InChI is InChI=1S/C22H24N4O2/c1-15(2)25-21(16-7-9-20(28-3)10-8-16)22(27)26-19-6-4-5-17(11-19)18-12-23-14-24-13-18/h4-15,21,25H,1-3H3,(H,26,27). The van der Waals surface area contributed by atoms with Gasteiger partial charge in [0, 0.05) is 29.7 Å². The molecule has 6 heteroatoms. The van der Waals surface area contributed by atoms with Crippen LogP contribution < -0.4 is 15.4 Å². The highest BCUT2D eigenvalue weighted by Gasteiger charge is 2.21. The molecular formula is C22H24N4O2. The van der Waals surface area contributed by atoms with Gasteiger partial charge >= 0.3 is 0 Å². The number of amides is 1. The molecule has 28 heavy (non-hydrogen) atoms. The van der Waals surface area contributed by atoms with E-state index in [2.05, 4.69) is 20.6 Å². The summed E-state index contributed by atoms with van der Waals surface area (Å²) in [7, 11) is 1.62. The van der Waals surface area contributed by atoms with Crippen LogP contribution in [0, 0.1) is 0 Å². The first-order chi connectivity index (χ1) is 13.6. The Morgan fingerprint density at radius 3 is 2.36 bits per heavy atom. The Morgan fingerprint density at radius 1 is 1.00 bits per heavy atom. The number of rotatable bonds is 7. The number of benzene rings is 2. The number of hydrogen-bond donors (Lipinski definition) is 2. The maximum atomic E-state index is 13.0. The van der Waals surface area contributed by atoms with Gasteiger partial charge in [0.25, 0.3) is 0 Å². The summed E-state index contributed by atoms with van der Waals surface area (Å²) >= 11 is 0. The highest BCUT2D eigenvalue weighted by atomic mass is 16.5. The maximum absolute atomic E-state index is 13.0. The Kier molecular flexibility index (Phi) is 6.34. The van der Waals surface area contributed by atoms with Crippen molar-refractivity contribution in [2.24, 2.45) is 0 Å². The predicted molar refractivity (Wildman–Crippen MR) is 110 cm³/mol. The third-order valence-electron chi connectivity index (χ3n) is 4.24. The first-order valence-corrected chi connectivity index (χ1v) is 9.13. The third kappa shape index (κ3) is 4.92. The summed E-state index contributed by atoms with van der Waals surface area (Å²) in [6.45, 7) is 4.03.